The van der Waals surface area contributed by atoms with E-state index in [0.717, 1.165) is 27.9 Å². The van der Waals surface area contributed by atoms with Crippen molar-refractivity contribution in [1.82, 2.24) is 10.5 Å². The van der Waals surface area contributed by atoms with Crippen LogP contribution in [0, 0.1) is 13.8 Å². The third kappa shape index (κ3) is 5.31. The number of likely N-dealkylation sites (N-methyl/N-ethyl adjacent to an activating group) is 1. The number of aromatic hydroxyl groups is 1. The van der Waals surface area contributed by atoms with Crippen molar-refractivity contribution >= 4 is 23.2 Å². The van der Waals surface area contributed by atoms with Crippen molar-refractivity contribution < 1.29 is 19.2 Å². The van der Waals surface area contributed by atoms with Crippen LogP contribution in [0.1, 0.15) is 45.7 Å². The molecule has 5 rings (SSSR count). The molecule has 8 heteroatoms. The number of aromatic nitrogens is 1. The van der Waals surface area contributed by atoms with Gasteiger partial charge in [-0.2, -0.15) is 0 Å². The van der Waals surface area contributed by atoms with Gasteiger partial charge in [0.1, 0.15) is 28.8 Å². The van der Waals surface area contributed by atoms with Crippen molar-refractivity contribution in [2.24, 2.45) is 4.99 Å². The summed E-state index contributed by atoms with van der Waals surface area (Å²) in [6.07, 6.45) is 0.995. The molecule has 4 aromatic rings. The first-order chi connectivity index (χ1) is 18.8. The standard InChI is InChI=1S/C31H30N4O4/c1-19-11-16-26-24(18-19)28(22-12-14-23(36)15-13-22)33-25(31(38)35(26)3)10-7-17-32-30(37)27-20(2)39-34-29(27)21-8-5-4-6-9-21/h4-6,8-9,11-16,18,25,36H,7,10,17H2,1-3H3,(H,32,37). The van der Waals surface area contributed by atoms with Crippen molar-refractivity contribution in [2.75, 3.05) is 18.5 Å². The molecule has 1 unspecified atom stereocenters. The quantitative estimate of drug-likeness (QED) is 0.330. The number of anilines is 1. The molecular formula is C31H30N4O4. The molecule has 0 radical (unpaired) electrons. The highest BCUT2D eigenvalue weighted by Gasteiger charge is 2.30. The topological polar surface area (TPSA) is 108 Å². The van der Waals surface area contributed by atoms with Crippen LogP contribution < -0.4 is 10.2 Å². The molecule has 1 atom stereocenters. The van der Waals surface area contributed by atoms with Gasteiger partial charge in [0.15, 0.2) is 0 Å². The molecular weight excluding hydrogens is 492 g/mol. The van der Waals surface area contributed by atoms with Gasteiger partial charge in [0.25, 0.3) is 11.8 Å². The number of hydrogen-bond acceptors (Lipinski definition) is 6. The fourth-order valence-corrected chi connectivity index (χ4v) is 4.81. The third-order valence-corrected chi connectivity index (χ3v) is 6.89. The number of aliphatic imine (C=N–C) groups is 1. The summed E-state index contributed by atoms with van der Waals surface area (Å²) in [5, 5.41) is 16.8. The number of phenols is 1. The Morgan fingerprint density at radius 1 is 1.03 bits per heavy atom. The summed E-state index contributed by atoms with van der Waals surface area (Å²) in [5.74, 6) is 0.231. The fraction of sp³-hybridized carbons (Fsp3) is 0.226. The summed E-state index contributed by atoms with van der Waals surface area (Å²) in [6.45, 7) is 4.08. The van der Waals surface area contributed by atoms with Crippen LogP contribution in [0.15, 0.2) is 82.3 Å². The van der Waals surface area contributed by atoms with Gasteiger partial charge in [-0.15, -0.1) is 0 Å². The number of nitrogens with zero attached hydrogens (tertiary/aromatic N) is 3. The van der Waals surface area contributed by atoms with E-state index >= 15 is 0 Å². The smallest absolute Gasteiger partial charge is 0.257 e. The Bertz CT molecular complexity index is 1540. The summed E-state index contributed by atoms with van der Waals surface area (Å²) in [5.41, 5.74) is 5.93. The lowest BCUT2D eigenvalue weighted by Crippen LogP contribution is -2.35. The van der Waals surface area contributed by atoms with Crippen LogP contribution in [-0.4, -0.2) is 47.4 Å². The van der Waals surface area contributed by atoms with E-state index in [1.807, 2.05) is 55.5 Å². The SMILES string of the molecule is Cc1ccc2c(c1)C(c1ccc(O)cc1)=NC(CCCNC(=O)c1c(-c3ccccc3)noc1C)C(=O)N2C. The molecule has 0 bridgehead atoms. The van der Waals surface area contributed by atoms with E-state index < -0.39 is 6.04 Å². The molecule has 0 saturated heterocycles. The molecule has 0 fully saturated rings. The lowest BCUT2D eigenvalue weighted by molar-refractivity contribution is -0.119. The van der Waals surface area contributed by atoms with Gasteiger partial charge in [0, 0.05) is 30.3 Å². The van der Waals surface area contributed by atoms with Crippen molar-refractivity contribution in [3.8, 4) is 17.0 Å². The molecule has 0 aliphatic carbocycles. The van der Waals surface area contributed by atoms with E-state index in [1.165, 1.54) is 0 Å². The Morgan fingerprint density at radius 3 is 2.51 bits per heavy atom. The first-order valence-electron chi connectivity index (χ1n) is 12.9. The first kappa shape index (κ1) is 25.9. The van der Waals surface area contributed by atoms with Gasteiger partial charge >= 0.3 is 0 Å². The zero-order chi connectivity index (χ0) is 27.5. The van der Waals surface area contributed by atoms with Crippen LogP contribution in [0.5, 0.6) is 5.75 Å². The van der Waals surface area contributed by atoms with Crippen LogP contribution in [0.25, 0.3) is 11.3 Å². The van der Waals surface area contributed by atoms with Crippen molar-refractivity contribution in [3.05, 3.63) is 101 Å². The number of aryl methyl sites for hydroxylation is 2. The molecule has 2 N–H and O–H groups in total. The van der Waals surface area contributed by atoms with Crippen LogP contribution in [0.2, 0.25) is 0 Å². The zero-order valence-corrected chi connectivity index (χ0v) is 22.1. The number of hydrogen-bond donors (Lipinski definition) is 2. The molecule has 0 spiro atoms. The molecule has 1 aliphatic heterocycles. The second-order valence-electron chi connectivity index (χ2n) is 9.68. The second kappa shape index (κ2) is 10.9. The van der Waals surface area contributed by atoms with Gasteiger partial charge in [-0.05, 0) is 63.1 Å². The van der Waals surface area contributed by atoms with Gasteiger partial charge in [0.05, 0.1) is 11.4 Å². The molecule has 8 nitrogen and oxygen atoms in total. The summed E-state index contributed by atoms with van der Waals surface area (Å²) in [7, 11) is 1.76. The number of carbonyl (C=O) groups is 2. The number of fused-ring (bicyclic) bond motifs is 1. The fourth-order valence-electron chi connectivity index (χ4n) is 4.81. The first-order valence-corrected chi connectivity index (χ1v) is 12.9. The normalized spacial score (nSPS) is 14.9. The number of benzodiazepines with no additional fused rings is 1. The van der Waals surface area contributed by atoms with Gasteiger partial charge in [-0.1, -0.05) is 47.1 Å². The molecule has 0 saturated carbocycles. The Labute approximate surface area is 227 Å². The predicted octanol–water partition coefficient (Wildman–Crippen LogP) is 5.06. The third-order valence-electron chi connectivity index (χ3n) is 6.89. The van der Waals surface area contributed by atoms with Gasteiger partial charge in [-0.25, -0.2) is 0 Å². The number of amides is 2. The van der Waals surface area contributed by atoms with Crippen LogP contribution in [0.4, 0.5) is 5.69 Å². The van der Waals surface area contributed by atoms with E-state index in [4.69, 9.17) is 9.52 Å². The lowest BCUT2D eigenvalue weighted by atomic mass is 9.98. The van der Waals surface area contributed by atoms with E-state index in [-0.39, 0.29) is 17.6 Å². The largest absolute Gasteiger partial charge is 0.508 e. The molecule has 2 amide bonds. The Morgan fingerprint density at radius 2 is 1.77 bits per heavy atom. The highest BCUT2D eigenvalue weighted by atomic mass is 16.5. The van der Waals surface area contributed by atoms with Crippen LogP contribution in [0.3, 0.4) is 0 Å². The minimum absolute atomic E-state index is 0.110. The van der Waals surface area contributed by atoms with Gasteiger partial charge in [0.2, 0.25) is 0 Å². The number of rotatable bonds is 7. The number of benzene rings is 3. The van der Waals surface area contributed by atoms with Gasteiger partial charge in [-0.3, -0.25) is 14.6 Å². The highest BCUT2D eigenvalue weighted by molar-refractivity contribution is 6.20. The maximum Gasteiger partial charge on any atom is 0.257 e. The van der Waals surface area contributed by atoms with Crippen molar-refractivity contribution in [3.63, 3.8) is 0 Å². The maximum absolute atomic E-state index is 13.5. The lowest BCUT2D eigenvalue weighted by Gasteiger charge is -2.20. The molecule has 1 aromatic heterocycles. The molecule has 3 aromatic carbocycles. The minimum atomic E-state index is -0.624. The minimum Gasteiger partial charge on any atom is -0.508 e. The molecule has 198 valence electrons. The summed E-state index contributed by atoms with van der Waals surface area (Å²) < 4.78 is 5.32. The van der Waals surface area contributed by atoms with E-state index in [2.05, 4.69) is 10.5 Å². The Balaban J connectivity index is 1.34. The summed E-state index contributed by atoms with van der Waals surface area (Å²) in [4.78, 5) is 33.1. The van der Waals surface area contributed by atoms with Crippen LogP contribution >= 0.6 is 0 Å². The molecule has 1 aliphatic rings. The maximum atomic E-state index is 13.5. The average Bonchev–Trinajstić information content (AvgIpc) is 3.30. The van der Waals surface area contributed by atoms with Crippen LogP contribution in [-0.2, 0) is 4.79 Å². The predicted molar refractivity (Wildman–Crippen MR) is 150 cm³/mol. The van der Waals surface area contributed by atoms with E-state index in [9.17, 15) is 14.7 Å². The number of phenolic OH excluding ortho intramolecular Hbond substituents is 1. The van der Waals surface area contributed by atoms with E-state index in [0.29, 0.717) is 42.1 Å². The van der Waals surface area contributed by atoms with Crippen molar-refractivity contribution in [2.45, 2.75) is 32.7 Å². The number of carbonyl (C=O) groups excluding carboxylic acids is 2. The second-order valence-corrected chi connectivity index (χ2v) is 9.68. The molecule has 39 heavy (non-hydrogen) atoms. The monoisotopic (exact) mass is 522 g/mol. The molecule has 2 heterocycles. The average molecular weight is 523 g/mol. The Kier molecular flexibility index (Phi) is 7.27. The van der Waals surface area contributed by atoms with Crippen molar-refractivity contribution in [1.29, 1.82) is 0 Å². The zero-order valence-electron chi connectivity index (χ0n) is 22.1. The summed E-state index contributed by atoms with van der Waals surface area (Å²) in [6, 6.07) is 21.6. The van der Waals surface area contributed by atoms with Gasteiger partial charge < -0.3 is 19.8 Å². The highest BCUT2D eigenvalue weighted by Crippen LogP contribution is 2.30. The number of nitrogens with one attached hydrogen (secondary N) is 1. The summed E-state index contributed by atoms with van der Waals surface area (Å²) >= 11 is 0. The Hall–Kier alpha value is -4.72. The van der Waals surface area contributed by atoms with E-state index in [1.54, 1.807) is 43.1 Å².